The Bertz CT molecular complexity index is 494. The van der Waals surface area contributed by atoms with Gasteiger partial charge in [-0.25, -0.2) is 4.98 Å². The van der Waals surface area contributed by atoms with Gasteiger partial charge in [0.2, 0.25) is 11.8 Å². The molecule has 0 radical (unpaired) electrons. The van der Waals surface area contributed by atoms with Crippen LogP contribution in [0.2, 0.25) is 0 Å². The van der Waals surface area contributed by atoms with Crippen LogP contribution in [-0.4, -0.2) is 73.0 Å². The van der Waals surface area contributed by atoms with E-state index in [2.05, 4.69) is 10.3 Å². The van der Waals surface area contributed by atoms with Crippen LogP contribution in [0.15, 0.2) is 11.6 Å². The van der Waals surface area contributed by atoms with Gasteiger partial charge in [-0.05, 0) is 7.05 Å². The second-order valence-corrected chi connectivity index (χ2v) is 6.20. The Labute approximate surface area is 134 Å². The number of ether oxygens (including phenoxy) is 1. The lowest BCUT2D eigenvalue weighted by atomic mass is 10.1. The standard InChI is InChI=1S/C14H22N4O3S/c1-17-5-3-16-14(20)11(17)9-13(19)18(6-7-21-2)10-12-15-4-8-22-12/h4,8,11H,3,5-7,9-10H2,1-2H3,(H,16,20)/t11-/m1/s1. The number of carbonyl (C=O) groups excluding carboxylic acids is 2. The van der Waals surface area contributed by atoms with Gasteiger partial charge >= 0.3 is 0 Å². The van der Waals surface area contributed by atoms with Gasteiger partial charge < -0.3 is 15.0 Å². The van der Waals surface area contributed by atoms with E-state index in [1.54, 1.807) is 18.2 Å². The summed E-state index contributed by atoms with van der Waals surface area (Å²) < 4.78 is 5.07. The molecular weight excluding hydrogens is 304 g/mol. The molecule has 2 rings (SSSR count). The van der Waals surface area contributed by atoms with Gasteiger partial charge in [0, 0.05) is 38.3 Å². The average molecular weight is 326 g/mol. The Morgan fingerprint density at radius 1 is 1.64 bits per heavy atom. The Hall–Kier alpha value is -1.51. The molecule has 1 atom stereocenters. The van der Waals surface area contributed by atoms with E-state index >= 15 is 0 Å². The molecule has 1 aromatic heterocycles. The molecular formula is C14H22N4O3S. The van der Waals surface area contributed by atoms with Gasteiger partial charge in [0.15, 0.2) is 0 Å². The molecule has 0 aliphatic carbocycles. The predicted octanol–water partition coefficient (Wildman–Crippen LogP) is -0.0616. The molecule has 0 unspecified atom stereocenters. The zero-order valence-corrected chi connectivity index (χ0v) is 13.8. The molecule has 0 aromatic carbocycles. The number of piperazine rings is 1. The van der Waals surface area contributed by atoms with Crippen molar-refractivity contribution in [1.82, 2.24) is 20.1 Å². The highest BCUT2D eigenvalue weighted by Crippen LogP contribution is 2.13. The number of carbonyl (C=O) groups is 2. The van der Waals surface area contributed by atoms with Gasteiger partial charge in [-0.1, -0.05) is 0 Å². The Kier molecular flexibility index (Phi) is 6.29. The number of aromatic nitrogens is 1. The molecule has 0 saturated carbocycles. The maximum atomic E-state index is 12.6. The molecule has 1 N–H and O–H groups in total. The van der Waals surface area contributed by atoms with Gasteiger partial charge in [0.25, 0.3) is 0 Å². The van der Waals surface area contributed by atoms with Crippen molar-refractivity contribution in [2.45, 2.75) is 19.0 Å². The minimum atomic E-state index is -0.400. The number of nitrogens with zero attached hydrogens (tertiary/aromatic N) is 3. The van der Waals surface area contributed by atoms with Crippen LogP contribution in [-0.2, 0) is 20.9 Å². The van der Waals surface area contributed by atoms with Crippen molar-refractivity contribution >= 4 is 23.2 Å². The van der Waals surface area contributed by atoms with E-state index in [0.29, 0.717) is 26.2 Å². The third-order valence-electron chi connectivity index (χ3n) is 3.69. The van der Waals surface area contributed by atoms with Crippen LogP contribution in [0.1, 0.15) is 11.4 Å². The van der Waals surface area contributed by atoms with Crippen LogP contribution in [0.4, 0.5) is 0 Å². The molecule has 0 bridgehead atoms. The van der Waals surface area contributed by atoms with Crippen molar-refractivity contribution in [2.24, 2.45) is 0 Å². The minimum Gasteiger partial charge on any atom is -0.383 e. The molecule has 7 nitrogen and oxygen atoms in total. The lowest BCUT2D eigenvalue weighted by Gasteiger charge is -2.32. The van der Waals surface area contributed by atoms with Crippen LogP contribution < -0.4 is 5.32 Å². The molecule has 1 saturated heterocycles. The number of nitrogens with one attached hydrogen (secondary N) is 1. The topological polar surface area (TPSA) is 74.8 Å². The smallest absolute Gasteiger partial charge is 0.237 e. The highest BCUT2D eigenvalue weighted by Gasteiger charge is 2.30. The Balaban J connectivity index is 1.99. The van der Waals surface area contributed by atoms with Gasteiger partial charge in [0.05, 0.1) is 25.6 Å². The van der Waals surface area contributed by atoms with E-state index in [1.165, 1.54) is 11.3 Å². The third-order valence-corrected chi connectivity index (χ3v) is 4.46. The first-order valence-electron chi connectivity index (χ1n) is 7.25. The Morgan fingerprint density at radius 3 is 3.09 bits per heavy atom. The van der Waals surface area contributed by atoms with Crippen molar-refractivity contribution in [3.63, 3.8) is 0 Å². The monoisotopic (exact) mass is 326 g/mol. The SMILES string of the molecule is COCCN(Cc1nccs1)C(=O)C[C@@H]1C(=O)NCCN1C. The summed E-state index contributed by atoms with van der Waals surface area (Å²) in [5, 5.41) is 5.58. The lowest BCUT2D eigenvalue weighted by molar-refractivity contribution is -0.139. The highest BCUT2D eigenvalue weighted by molar-refractivity contribution is 7.09. The molecule has 1 aliphatic rings. The maximum absolute atomic E-state index is 12.6. The Morgan fingerprint density at radius 2 is 2.45 bits per heavy atom. The van der Waals surface area contributed by atoms with E-state index in [4.69, 9.17) is 4.74 Å². The fraction of sp³-hybridized carbons (Fsp3) is 0.643. The first-order valence-corrected chi connectivity index (χ1v) is 8.13. The fourth-order valence-electron chi connectivity index (χ4n) is 2.36. The zero-order chi connectivity index (χ0) is 15.9. The number of rotatable bonds is 7. The molecule has 1 fully saturated rings. The molecule has 2 amide bonds. The molecule has 122 valence electrons. The van der Waals surface area contributed by atoms with Crippen molar-refractivity contribution < 1.29 is 14.3 Å². The number of likely N-dealkylation sites (N-methyl/N-ethyl adjacent to an activating group) is 1. The summed E-state index contributed by atoms with van der Waals surface area (Å²) in [6, 6.07) is -0.400. The van der Waals surface area contributed by atoms with E-state index in [9.17, 15) is 9.59 Å². The summed E-state index contributed by atoms with van der Waals surface area (Å²) in [5.41, 5.74) is 0. The normalized spacial score (nSPS) is 19.0. The lowest BCUT2D eigenvalue weighted by Crippen LogP contribution is -2.55. The van der Waals surface area contributed by atoms with E-state index in [-0.39, 0.29) is 18.2 Å². The highest BCUT2D eigenvalue weighted by atomic mass is 32.1. The van der Waals surface area contributed by atoms with E-state index in [0.717, 1.165) is 11.6 Å². The number of amides is 2. The summed E-state index contributed by atoms with van der Waals surface area (Å²) in [5.74, 6) is -0.135. The van der Waals surface area contributed by atoms with Crippen LogP contribution in [0, 0.1) is 0 Å². The molecule has 2 heterocycles. The minimum absolute atomic E-state index is 0.0545. The number of hydrogen-bond donors (Lipinski definition) is 1. The summed E-state index contributed by atoms with van der Waals surface area (Å²) in [6.45, 7) is 2.80. The first-order chi connectivity index (χ1) is 10.6. The summed E-state index contributed by atoms with van der Waals surface area (Å²) in [4.78, 5) is 32.4. The second kappa shape index (κ2) is 8.21. The third kappa shape index (κ3) is 4.49. The maximum Gasteiger partial charge on any atom is 0.237 e. The average Bonchev–Trinajstić information content (AvgIpc) is 3.00. The fourth-order valence-corrected chi connectivity index (χ4v) is 2.99. The van der Waals surface area contributed by atoms with Crippen LogP contribution in [0.3, 0.4) is 0 Å². The van der Waals surface area contributed by atoms with Crippen molar-refractivity contribution in [3.8, 4) is 0 Å². The van der Waals surface area contributed by atoms with Crippen molar-refractivity contribution in [2.75, 3.05) is 40.4 Å². The molecule has 8 heteroatoms. The van der Waals surface area contributed by atoms with Crippen LogP contribution in [0.25, 0.3) is 0 Å². The number of methoxy groups -OCH3 is 1. The first kappa shape index (κ1) is 16.9. The predicted molar refractivity (Wildman–Crippen MR) is 83.5 cm³/mol. The number of thiazole rings is 1. The molecule has 1 aromatic rings. The summed E-state index contributed by atoms with van der Waals surface area (Å²) in [7, 11) is 3.48. The molecule has 0 spiro atoms. The van der Waals surface area contributed by atoms with Gasteiger partial charge in [-0.3, -0.25) is 14.5 Å². The van der Waals surface area contributed by atoms with Crippen LogP contribution in [0.5, 0.6) is 0 Å². The molecule has 22 heavy (non-hydrogen) atoms. The number of hydrogen-bond acceptors (Lipinski definition) is 6. The van der Waals surface area contributed by atoms with Crippen molar-refractivity contribution in [1.29, 1.82) is 0 Å². The molecule has 1 aliphatic heterocycles. The summed E-state index contributed by atoms with van der Waals surface area (Å²) >= 11 is 1.51. The van der Waals surface area contributed by atoms with Gasteiger partial charge in [-0.15, -0.1) is 11.3 Å². The van der Waals surface area contributed by atoms with Crippen molar-refractivity contribution in [3.05, 3.63) is 16.6 Å². The van der Waals surface area contributed by atoms with E-state index < -0.39 is 6.04 Å². The summed E-state index contributed by atoms with van der Waals surface area (Å²) in [6.07, 6.45) is 1.90. The second-order valence-electron chi connectivity index (χ2n) is 5.23. The van der Waals surface area contributed by atoms with Crippen LogP contribution >= 0.6 is 11.3 Å². The largest absolute Gasteiger partial charge is 0.383 e. The van der Waals surface area contributed by atoms with Gasteiger partial charge in [0.1, 0.15) is 5.01 Å². The zero-order valence-electron chi connectivity index (χ0n) is 12.9. The van der Waals surface area contributed by atoms with E-state index in [1.807, 2.05) is 17.3 Å². The van der Waals surface area contributed by atoms with Gasteiger partial charge in [-0.2, -0.15) is 0 Å². The quantitative estimate of drug-likeness (QED) is 0.760.